The molecule has 0 rings (SSSR count). The molecule has 1 amide bonds. The fraction of sp³-hybridized carbons (Fsp3) is 0.583. The van der Waals surface area contributed by atoms with Gasteiger partial charge in [-0.2, -0.15) is 0 Å². The van der Waals surface area contributed by atoms with Crippen molar-refractivity contribution in [1.82, 2.24) is 5.32 Å². The number of hydrogen-bond donors (Lipinski definition) is 1. The van der Waals surface area contributed by atoms with Gasteiger partial charge in [-0.15, -0.1) is 0 Å². The smallest absolute Gasteiger partial charge is 0.325 e. The van der Waals surface area contributed by atoms with Crippen LogP contribution in [0.25, 0.3) is 0 Å². The average Bonchev–Trinajstić information content (AvgIpc) is 2.60. The Hall–Kier alpha value is -2.10. The van der Waals surface area contributed by atoms with Crippen molar-refractivity contribution in [1.29, 1.82) is 0 Å². The molecule has 0 aromatic carbocycles. The van der Waals surface area contributed by atoms with E-state index in [1.807, 2.05) is 6.92 Å². The van der Waals surface area contributed by atoms with Gasteiger partial charge in [0.15, 0.2) is 0 Å². The molecule has 0 aliphatic rings. The van der Waals surface area contributed by atoms with Crippen molar-refractivity contribution < 1.29 is 14.3 Å². The van der Waals surface area contributed by atoms with Crippen LogP contribution in [-0.2, 0) is 14.3 Å². The van der Waals surface area contributed by atoms with Gasteiger partial charge in [0, 0.05) is 6.08 Å². The lowest BCUT2D eigenvalue weighted by atomic mass is 10.0. The number of amides is 1. The Bertz CT molecular complexity index is 605. The minimum absolute atomic E-state index is 0.0866. The summed E-state index contributed by atoms with van der Waals surface area (Å²) in [6.07, 6.45) is 14.6. The van der Waals surface area contributed by atoms with Crippen molar-refractivity contribution in [2.75, 3.05) is 13.2 Å². The lowest BCUT2D eigenvalue weighted by Crippen LogP contribution is -2.29. The molecule has 0 heterocycles. The van der Waals surface area contributed by atoms with Crippen molar-refractivity contribution in [3.63, 3.8) is 0 Å². The average molecular weight is 390 g/mol. The highest BCUT2D eigenvalue weighted by Crippen LogP contribution is 2.13. The first-order valence-corrected chi connectivity index (χ1v) is 10.3. The van der Waals surface area contributed by atoms with Crippen LogP contribution in [0.5, 0.6) is 0 Å². The fourth-order valence-corrected chi connectivity index (χ4v) is 2.60. The molecule has 0 aromatic rings. The van der Waals surface area contributed by atoms with Gasteiger partial charge in [-0.3, -0.25) is 9.59 Å². The van der Waals surface area contributed by atoms with Crippen molar-refractivity contribution in [3.05, 3.63) is 46.6 Å². The Kier molecular flexibility index (Phi) is 14.7. The monoisotopic (exact) mass is 389 g/mol. The van der Waals surface area contributed by atoms with Gasteiger partial charge in [0.2, 0.25) is 5.91 Å². The highest BCUT2D eigenvalue weighted by Gasteiger charge is 2.04. The van der Waals surface area contributed by atoms with Crippen molar-refractivity contribution in [3.8, 4) is 0 Å². The summed E-state index contributed by atoms with van der Waals surface area (Å²) in [6, 6.07) is 0. The maximum Gasteiger partial charge on any atom is 0.325 e. The molecule has 0 aromatic heterocycles. The molecular formula is C24H39NO3. The Morgan fingerprint density at radius 3 is 1.79 bits per heavy atom. The number of rotatable bonds is 13. The minimum Gasteiger partial charge on any atom is -0.465 e. The second-order valence-corrected chi connectivity index (χ2v) is 7.51. The van der Waals surface area contributed by atoms with Crippen LogP contribution in [0.2, 0.25) is 0 Å². The minimum atomic E-state index is -0.415. The van der Waals surface area contributed by atoms with Crippen LogP contribution in [-0.4, -0.2) is 25.0 Å². The number of carbonyl (C=O) groups is 2. The van der Waals surface area contributed by atoms with E-state index in [0.717, 1.165) is 44.1 Å². The lowest BCUT2D eigenvalue weighted by Gasteiger charge is -2.04. The van der Waals surface area contributed by atoms with Crippen molar-refractivity contribution in [2.24, 2.45) is 0 Å². The van der Waals surface area contributed by atoms with Gasteiger partial charge in [-0.1, -0.05) is 40.5 Å². The molecule has 0 fully saturated rings. The van der Waals surface area contributed by atoms with Gasteiger partial charge in [-0.05, 0) is 80.1 Å². The molecule has 0 aliphatic heterocycles. The predicted octanol–water partition coefficient (Wildman–Crippen LogP) is 5.81. The van der Waals surface area contributed by atoms with E-state index in [1.165, 1.54) is 16.7 Å². The summed E-state index contributed by atoms with van der Waals surface area (Å²) in [5.74, 6) is -0.665. The highest BCUT2D eigenvalue weighted by atomic mass is 16.5. The van der Waals surface area contributed by atoms with Gasteiger partial charge < -0.3 is 10.1 Å². The van der Waals surface area contributed by atoms with Gasteiger partial charge >= 0.3 is 5.97 Å². The maximum absolute atomic E-state index is 11.8. The van der Waals surface area contributed by atoms with E-state index in [-0.39, 0.29) is 12.5 Å². The fourth-order valence-electron chi connectivity index (χ4n) is 2.60. The first-order chi connectivity index (χ1) is 13.2. The summed E-state index contributed by atoms with van der Waals surface area (Å²) in [6.45, 7) is 12.6. The third-order valence-corrected chi connectivity index (χ3v) is 4.24. The Balaban J connectivity index is 4.13. The third kappa shape index (κ3) is 16.1. The van der Waals surface area contributed by atoms with E-state index in [2.05, 4.69) is 51.2 Å². The SMILES string of the molecule is CCOC(=O)CNC(=O)/C=C(\C)CC/C=C(\C)CC/C=C(\C)CCC=C(C)C. The van der Waals surface area contributed by atoms with Crippen LogP contribution in [0.15, 0.2) is 46.6 Å². The zero-order valence-corrected chi connectivity index (χ0v) is 18.7. The second kappa shape index (κ2) is 15.9. The van der Waals surface area contributed by atoms with Crippen LogP contribution in [0.4, 0.5) is 0 Å². The van der Waals surface area contributed by atoms with E-state index in [1.54, 1.807) is 13.0 Å². The van der Waals surface area contributed by atoms with Crippen LogP contribution in [0.1, 0.15) is 80.1 Å². The number of allylic oxidation sites excluding steroid dienone is 7. The molecule has 4 heteroatoms. The maximum atomic E-state index is 11.8. The number of esters is 1. The first-order valence-electron chi connectivity index (χ1n) is 10.3. The summed E-state index contributed by atoms with van der Waals surface area (Å²) in [7, 11) is 0. The normalized spacial score (nSPS) is 12.6. The molecule has 1 N–H and O–H groups in total. The van der Waals surface area contributed by atoms with E-state index >= 15 is 0 Å². The molecule has 0 bridgehead atoms. The molecule has 28 heavy (non-hydrogen) atoms. The molecule has 0 saturated carbocycles. The molecule has 0 radical (unpaired) electrons. The van der Waals surface area contributed by atoms with Crippen LogP contribution in [0, 0.1) is 0 Å². The quantitative estimate of drug-likeness (QED) is 0.246. The van der Waals surface area contributed by atoms with Crippen LogP contribution < -0.4 is 5.32 Å². The summed E-state index contributed by atoms with van der Waals surface area (Å²) in [5, 5.41) is 2.54. The van der Waals surface area contributed by atoms with E-state index in [9.17, 15) is 9.59 Å². The zero-order valence-electron chi connectivity index (χ0n) is 18.7. The Morgan fingerprint density at radius 2 is 1.29 bits per heavy atom. The van der Waals surface area contributed by atoms with Crippen molar-refractivity contribution in [2.45, 2.75) is 80.1 Å². The van der Waals surface area contributed by atoms with E-state index < -0.39 is 5.97 Å². The number of carbonyl (C=O) groups excluding carboxylic acids is 2. The van der Waals surface area contributed by atoms with Gasteiger partial charge in [0.25, 0.3) is 0 Å². The molecule has 0 atom stereocenters. The summed E-state index contributed by atoms with van der Waals surface area (Å²) >= 11 is 0. The number of ether oxygens (including phenoxy) is 1. The molecular weight excluding hydrogens is 350 g/mol. The van der Waals surface area contributed by atoms with Crippen molar-refractivity contribution >= 4 is 11.9 Å². The Morgan fingerprint density at radius 1 is 0.786 bits per heavy atom. The zero-order chi connectivity index (χ0) is 21.4. The van der Waals surface area contributed by atoms with E-state index in [4.69, 9.17) is 4.74 Å². The molecule has 4 nitrogen and oxygen atoms in total. The first kappa shape index (κ1) is 25.9. The highest BCUT2D eigenvalue weighted by molar-refractivity contribution is 5.90. The Labute approximate surface area is 171 Å². The lowest BCUT2D eigenvalue weighted by molar-refractivity contribution is -0.143. The van der Waals surface area contributed by atoms with Gasteiger partial charge in [-0.25, -0.2) is 0 Å². The summed E-state index contributed by atoms with van der Waals surface area (Å²) in [5.41, 5.74) is 5.22. The van der Waals surface area contributed by atoms with Gasteiger partial charge in [0.05, 0.1) is 6.61 Å². The molecule has 158 valence electrons. The summed E-state index contributed by atoms with van der Waals surface area (Å²) in [4.78, 5) is 23.0. The molecule has 0 saturated heterocycles. The second-order valence-electron chi connectivity index (χ2n) is 7.51. The number of nitrogens with one attached hydrogen (secondary N) is 1. The molecule has 0 spiro atoms. The van der Waals surface area contributed by atoms with Crippen LogP contribution >= 0.6 is 0 Å². The van der Waals surface area contributed by atoms with Gasteiger partial charge in [0.1, 0.15) is 6.54 Å². The van der Waals surface area contributed by atoms with E-state index in [0.29, 0.717) is 6.61 Å². The standard InChI is InChI=1S/C24H39NO3/c1-7-28-24(27)18-25-23(26)17-22(6)16-10-15-21(5)14-9-13-20(4)12-8-11-19(2)3/h11,13,15,17H,7-10,12,14,16,18H2,1-6H3,(H,25,26)/b20-13+,21-15+,22-17+. The molecule has 0 aliphatic carbocycles. The summed E-state index contributed by atoms with van der Waals surface area (Å²) < 4.78 is 4.78. The third-order valence-electron chi connectivity index (χ3n) is 4.24. The predicted molar refractivity (Wildman–Crippen MR) is 118 cm³/mol. The van der Waals surface area contributed by atoms with Crippen LogP contribution in [0.3, 0.4) is 0 Å². The largest absolute Gasteiger partial charge is 0.465 e. The molecule has 0 unspecified atom stereocenters. The number of hydrogen-bond acceptors (Lipinski definition) is 3. The topological polar surface area (TPSA) is 55.4 Å².